The second kappa shape index (κ2) is 6.23. The summed E-state index contributed by atoms with van der Waals surface area (Å²) in [4.78, 5) is 12.0. The molecule has 0 aliphatic carbocycles. The minimum Gasteiger partial charge on any atom is -0.353 e. The molecule has 0 aromatic heterocycles. The first-order valence-corrected chi connectivity index (χ1v) is 7.48. The normalized spacial score (nSPS) is 23.9. The van der Waals surface area contributed by atoms with Gasteiger partial charge in [0.15, 0.2) is 0 Å². The summed E-state index contributed by atoms with van der Waals surface area (Å²) in [5.41, 5.74) is 6.05. The van der Waals surface area contributed by atoms with Gasteiger partial charge in [-0.05, 0) is 47.0 Å². The van der Waals surface area contributed by atoms with Crippen molar-refractivity contribution in [2.24, 2.45) is 5.73 Å². The standard InChI is InChI=1S/C15H31N3O/c1-6-7-11(16)8-13(19)17-12-9-14(2,3)18-15(4,5)10-12/h11-12,18H,6-10,16H2,1-5H3,(H,17,19). The van der Waals surface area contributed by atoms with Crippen molar-refractivity contribution in [1.82, 2.24) is 10.6 Å². The van der Waals surface area contributed by atoms with Gasteiger partial charge in [0.25, 0.3) is 0 Å². The number of hydrogen-bond acceptors (Lipinski definition) is 3. The van der Waals surface area contributed by atoms with Crippen LogP contribution < -0.4 is 16.4 Å². The summed E-state index contributed by atoms with van der Waals surface area (Å²) in [5, 5.41) is 6.78. The molecule has 1 aliphatic rings. The number of piperidine rings is 1. The monoisotopic (exact) mass is 269 g/mol. The van der Waals surface area contributed by atoms with Gasteiger partial charge in [-0.25, -0.2) is 0 Å². The maximum atomic E-state index is 12.0. The van der Waals surface area contributed by atoms with Gasteiger partial charge in [-0.3, -0.25) is 4.79 Å². The predicted molar refractivity (Wildman–Crippen MR) is 80.0 cm³/mol. The van der Waals surface area contributed by atoms with E-state index in [0.29, 0.717) is 6.42 Å². The lowest BCUT2D eigenvalue weighted by Gasteiger charge is -2.46. The number of carbonyl (C=O) groups excluding carboxylic acids is 1. The van der Waals surface area contributed by atoms with Crippen molar-refractivity contribution in [1.29, 1.82) is 0 Å². The summed E-state index contributed by atoms with van der Waals surface area (Å²) in [6.45, 7) is 10.9. The minimum absolute atomic E-state index is 0.00673. The van der Waals surface area contributed by atoms with Crippen LogP contribution in [0.5, 0.6) is 0 Å². The summed E-state index contributed by atoms with van der Waals surface area (Å²) in [7, 11) is 0. The number of amides is 1. The molecule has 4 N–H and O–H groups in total. The molecule has 0 aromatic carbocycles. The molecule has 112 valence electrons. The highest BCUT2D eigenvalue weighted by molar-refractivity contribution is 5.76. The lowest BCUT2D eigenvalue weighted by Crippen LogP contribution is -2.62. The third kappa shape index (κ3) is 5.91. The van der Waals surface area contributed by atoms with Crippen LogP contribution in [0.2, 0.25) is 0 Å². The molecule has 0 saturated carbocycles. The Kier molecular flexibility index (Phi) is 5.39. The number of nitrogens with two attached hydrogens (primary N) is 1. The largest absolute Gasteiger partial charge is 0.353 e. The van der Waals surface area contributed by atoms with Crippen LogP contribution in [0.1, 0.15) is 66.7 Å². The minimum atomic E-state index is -0.00673. The SMILES string of the molecule is CCCC(N)CC(=O)NC1CC(C)(C)NC(C)(C)C1. The van der Waals surface area contributed by atoms with Crippen LogP contribution in [0.25, 0.3) is 0 Å². The molecule has 1 fully saturated rings. The van der Waals surface area contributed by atoms with E-state index in [1.165, 1.54) is 0 Å². The highest BCUT2D eigenvalue weighted by Crippen LogP contribution is 2.28. The smallest absolute Gasteiger partial charge is 0.221 e. The van der Waals surface area contributed by atoms with Crippen LogP contribution in [0.3, 0.4) is 0 Å². The zero-order chi connectivity index (χ0) is 14.7. The first-order chi connectivity index (χ1) is 8.63. The van der Waals surface area contributed by atoms with Crippen molar-refractivity contribution in [3.8, 4) is 0 Å². The topological polar surface area (TPSA) is 67.2 Å². The molecule has 1 rings (SSSR count). The first kappa shape index (κ1) is 16.4. The quantitative estimate of drug-likeness (QED) is 0.714. The van der Waals surface area contributed by atoms with Gasteiger partial charge in [0.05, 0.1) is 0 Å². The molecule has 0 aromatic rings. The Labute approximate surface area is 117 Å². The van der Waals surface area contributed by atoms with Crippen molar-refractivity contribution >= 4 is 5.91 Å². The Balaban J connectivity index is 2.49. The fourth-order valence-electron chi connectivity index (χ4n) is 3.42. The third-order valence-corrected chi connectivity index (χ3v) is 3.66. The third-order valence-electron chi connectivity index (χ3n) is 3.66. The van der Waals surface area contributed by atoms with Gasteiger partial charge in [0.1, 0.15) is 0 Å². The zero-order valence-corrected chi connectivity index (χ0v) is 13.2. The van der Waals surface area contributed by atoms with E-state index in [1.54, 1.807) is 0 Å². The van der Waals surface area contributed by atoms with Crippen LogP contribution in [0, 0.1) is 0 Å². The highest BCUT2D eigenvalue weighted by atomic mass is 16.1. The number of hydrogen-bond donors (Lipinski definition) is 3. The molecule has 1 saturated heterocycles. The lowest BCUT2D eigenvalue weighted by atomic mass is 9.79. The zero-order valence-electron chi connectivity index (χ0n) is 13.2. The average Bonchev–Trinajstić information content (AvgIpc) is 2.10. The van der Waals surface area contributed by atoms with Crippen LogP contribution in [-0.2, 0) is 4.79 Å². The molecule has 0 radical (unpaired) electrons. The van der Waals surface area contributed by atoms with E-state index in [4.69, 9.17) is 5.73 Å². The van der Waals surface area contributed by atoms with E-state index >= 15 is 0 Å². The van der Waals surface area contributed by atoms with Crippen molar-refractivity contribution < 1.29 is 4.79 Å². The van der Waals surface area contributed by atoms with Crippen molar-refractivity contribution in [3.63, 3.8) is 0 Å². The lowest BCUT2D eigenvalue weighted by molar-refractivity contribution is -0.122. The van der Waals surface area contributed by atoms with Crippen LogP contribution in [-0.4, -0.2) is 29.1 Å². The Bertz CT molecular complexity index is 297. The molecular formula is C15H31N3O. The van der Waals surface area contributed by atoms with E-state index < -0.39 is 0 Å². The summed E-state index contributed by atoms with van der Waals surface area (Å²) < 4.78 is 0. The number of rotatable bonds is 5. The number of nitrogens with one attached hydrogen (secondary N) is 2. The van der Waals surface area contributed by atoms with E-state index in [2.05, 4.69) is 45.3 Å². The molecule has 1 atom stereocenters. The van der Waals surface area contributed by atoms with Crippen molar-refractivity contribution in [3.05, 3.63) is 0 Å². The molecule has 19 heavy (non-hydrogen) atoms. The first-order valence-electron chi connectivity index (χ1n) is 7.48. The van der Waals surface area contributed by atoms with E-state index in [-0.39, 0.29) is 29.1 Å². The van der Waals surface area contributed by atoms with E-state index in [9.17, 15) is 4.79 Å². The van der Waals surface area contributed by atoms with Gasteiger partial charge in [0, 0.05) is 29.6 Å². The van der Waals surface area contributed by atoms with Gasteiger partial charge < -0.3 is 16.4 Å². The molecule has 1 unspecified atom stereocenters. The van der Waals surface area contributed by atoms with E-state index in [0.717, 1.165) is 25.7 Å². The molecule has 4 heteroatoms. The summed E-state index contributed by atoms with van der Waals surface area (Å²) >= 11 is 0. The molecule has 1 heterocycles. The van der Waals surface area contributed by atoms with Crippen LogP contribution in [0.4, 0.5) is 0 Å². The molecule has 0 spiro atoms. The molecular weight excluding hydrogens is 238 g/mol. The van der Waals surface area contributed by atoms with Crippen molar-refractivity contribution in [2.75, 3.05) is 0 Å². The van der Waals surface area contributed by atoms with Gasteiger partial charge in [-0.15, -0.1) is 0 Å². The highest BCUT2D eigenvalue weighted by Gasteiger charge is 2.38. The van der Waals surface area contributed by atoms with E-state index in [1.807, 2.05) is 0 Å². The molecule has 4 nitrogen and oxygen atoms in total. The summed E-state index contributed by atoms with van der Waals surface area (Å²) in [6.07, 6.45) is 4.31. The molecule has 1 amide bonds. The molecule has 1 aliphatic heterocycles. The Morgan fingerprint density at radius 2 is 1.84 bits per heavy atom. The average molecular weight is 269 g/mol. The predicted octanol–water partition coefficient (Wildman–Crippen LogP) is 1.93. The maximum Gasteiger partial charge on any atom is 0.221 e. The van der Waals surface area contributed by atoms with Crippen LogP contribution in [0.15, 0.2) is 0 Å². The van der Waals surface area contributed by atoms with Crippen LogP contribution >= 0.6 is 0 Å². The Morgan fingerprint density at radius 1 is 1.32 bits per heavy atom. The van der Waals surface area contributed by atoms with Gasteiger partial charge in [-0.1, -0.05) is 13.3 Å². The summed E-state index contributed by atoms with van der Waals surface area (Å²) in [6, 6.07) is 0.236. The fourth-order valence-corrected chi connectivity index (χ4v) is 3.42. The van der Waals surface area contributed by atoms with Crippen molar-refractivity contribution in [2.45, 2.75) is 89.9 Å². The molecule has 0 bridgehead atoms. The second-order valence-electron chi connectivity index (χ2n) is 7.32. The van der Waals surface area contributed by atoms with Gasteiger partial charge >= 0.3 is 0 Å². The summed E-state index contributed by atoms with van der Waals surface area (Å²) in [5.74, 6) is 0.0967. The number of carbonyl (C=O) groups is 1. The van der Waals surface area contributed by atoms with Gasteiger partial charge in [0.2, 0.25) is 5.91 Å². The van der Waals surface area contributed by atoms with Gasteiger partial charge in [-0.2, -0.15) is 0 Å². The maximum absolute atomic E-state index is 12.0. The Morgan fingerprint density at radius 3 is 2.32 bits per heavy atom. The Hall–Kier alpha value is -0.610. The fraction of sp³-hybridized carbons (Fsp3) is 0.933. The second-order valence-corrected chi connectivity index (χ2v) is 7.32.